The van der Waals surface area contributed by atoms with Gasteiger partial charge in [0.1, 0.15) is 0 Å². The molecule has 0 saturated heterocycles. The van der Waals surface area contributed by atoms with E-state index in [1.54, 1.807) is 0 Å². The number of aliphatic hydroxyl groups is 3. The van der Waals surface area contributed by atoms with Crippen LogP contribution in [0.3, 0.4) is 0 Å². The molecule has 13 heavy (non-hydrogen) atoms. The molecule has 0 bridgehead atoms. The Morgan fingerprint density at radius 2 is 0.615 bits per heavy atom. The first kappa shape index (κ1) is 13.4. The third-order valence-electron chi connectivity index (χ3n) is 1.64. The summed E-state index contributed by atoms with van der Waals surface area (Å²) < 4.78 is 0. The molecule has 0 heterocycles. The van der Waals surface area contributed by atoms with Crippen LogP contribution in [0.1, 0.15) is 38.5 Å². The molecule has 4 heteroatoms. The summed E-state index contributed by atoms with van der Waals surface area (Å²) >= 11 is 0. The van der Waals surface area contributed by atoms with Crippen molar-refractivity contribution in [1.82, 2.24) is 0 Å². The Labute approximate surface area is 89.4 Å². The molecule has 3 aliphatic carbocycles. The molecule has 0 aromatic carbocycles. The first-order chi connectivity index (χ1) is 5.68. The molecular formula is C9H18CoO3. The van der Waals surface area contributed by atoms with Crippen LogP contribution in [0, 0.1) is 0 Å². The van der Waals surface area contributed by atoms with Crippen molar-refractivity contribution in [2.24, 2.45) is 0 Å². The van der Waals surface area contributed by atoms with Crippen LogP contribution in [0.4, 0.5) is 0 Å². The molecular weight excluding hydrogens is 215 g/mol. The molecule has 0 unspecified atom stereocenters. The van der Waals surface area contributed by atoms with Gasteiger partial charge in [-0.15, -0.1) is 0 Å². The Bertz CT molecular complexity index is 96.3. The van der Waals surface area contributed by atoms with Crippen molar-refractivity contribution in [1.29, 1.82) is 0 Å². The summed E-state index contributed by atoms with van der Waals surface area (Å²) in [6.45, 7) is 0. The second-order valence-electron chi connectivity index (χ2n) is 3.69. The van der Waals surface area contributed by atoms with E-state index in [1.807, 2.05) is 0 Å². The Hall–Kier alpha value is 0.386. The topological polar surface area (TPSA) is 60.7 Å². The molecule has 3 nitrogen and oxygen atoms in total. The number of aliphatic hydroxyl groups excluding tert-OH is 3. The Balaban J connectivity index is 0.000000160. The molecule has 3 rings (SSSR count). The molecule has 0 aliphatic heterocycles. The average molecular weight is 233 g/mol. The standard InChI is InChI=1S/3C3H6O.Co/c3*4-3-1-2-3;/h3*3-4H,1-2H2;. The number of hydrogen-bond acceptors (Lipinski definition) is 3. The van der Waals surface area contributed by atoms with E-state index < -0.39 is 0 Å². The van der Waals surface area contributed by atoms with E-state index in [4.69, 9.17) is 15.3 Å². The maximum absolute atomic E-state index is 8.17. The van der Waals surface area contributed by atoms with Gasteiger partial charge in [0.05, 0.1) is 18.3 Å². The molecule has 0 aromatic rings. The van der Waals surface area contributed by atoms with Gasteiger partial charge in [-0.25, -0.2) is 0 Å². The zero-order chi connectivity index (χ0) is 8.97. The van der Waals surface area contributed by atoms with Crippen LogP contribution in [0.15, 0.2) is 0 Å². The number of rotatable bonds is 0. The van der Waals surface area contributed by atoms with Crippen LogP contribution in [0.25, 0.3) is 0 Å². The molecule has 1 radical (unpaired) electrons. The van der Waals surface area contributed by atoms with Crippen LogP contribution in [0.2, 0.25) is 0 Å². The molecule has 0 amide bonds. The number of hydrogen-bond donors (Lipinski definition) is 3. The van der Waals surface area contributed by atoms with Gasteiger partial charge >= 0.3 is 0 Å². The minimum Gasteiger partial charge on any atom is -0.393 e. The second kappa shape index (κ2) is 6.78. The fraction of sp³-hybridized carbons (Fsp3) is 1.00. The minimum absolute atomic E-state index is 0. The van der Waals surface area contributed by atoms with E-state index in [-0.39, 0.29) is 35.1 Å². The van der Waals surface area contributed by atoms with E-state index in [2.05, 4.69) is 0 Å². The van der Waals surface area contributed by atoms with E-state index in [1.165, 1.54) is 0 Å². The predicted octanol–water partition coefficient (Wildman–Crippen LogP) is 0.421. The molecule has 3 saturated carbocycles. The molecule has 81 valence electrons. The summed E-state index contributed by atoms with van der Waals surface area (Å²) in [6, 6.07) is 0. The zero-order valence-electron chi connectivity index (χ0n) is 7.65. The maximum Gasteiger partial charge on any atom is 0.0542 e. The Morgan fingerprint density at radius 1 is 0.538 bits per heavy atom. The van der Waals surface area contributed by atoms with E-state index >= 15 is 0 Å². The van der Waals surface area contributed by atoms with Crippen molar-refractivity contribution >= 4 is 0 Å². The van der Waals surface area contributed by atoms with Gasteiger partial charge in [0, 0.05) is 16.8 Å². The molecule has 3 N–H and O–H groups in total. The zero-order valence-corrected chi connectivity index (χ0v) is 8.69. The predicted molar refractivity (Wildman–Crippen MR) is 45.7 cm³/mol. The van der Waals surface area contributed by atoms with Gasteiger partial charge in [-0.2, -0.15) is 0 Å². The monoisotopic (exact) mass is 233 g/mol. The third kappa shape index (κ3) is 15.2. The average Bonchev–Trinajstić information content (AvgIpc) is 2.63. The van der Waals surface area contributed by atoms with E-state index in [0.29, 0.717) is 0 Å². The van der Waals surface area contributed by atoms with Crippen molar-refractivity contribution in [3.05, 3.63) is 0 Å². The molecule has 0 atom stereocenters. The van der Waals surface area contributed by atoms with Gasteiger partial charge in [0.15, 0.2) is 0 Å². The molecule has 3 fully saturated rings. The van der Waals surface area contributed by atoms with Crippen LogP contribution in [-0.4, -0.2) is 33.6 Å². The Kier molecular flexibility index (Phi) is 6.99. The molecule has 3 aliphatic rings. The van der Waals surface area contributed by atoms with Crippen LogP contribution in [0.5, 0.6) is 0 Å². The third-order valence-corrected chi connectivity index (χ3v) is 1.64. The second-order valence-corrected chi connectivity index (χ2v) is 3.69. The van der Waals surface area contributed by atoms with E-state index in [9.17, 15) is 0 Å². The summed E-state index contributed by atoms with van der Waals surface area (Å²) in [7, 11) is 0. The maximum atomic E-state index is 8.17. The summed E-state index contributed by atoms with van der Waals surface area (Å²) in [5.74, 6) is 0. The summed E-state index contributed by atoms with van der Waals surface area (Å²) in [4.78, 5) is 0. The SMILES string of the molecule is OC1CC1.OC1CC1.OC1CC1.[Co]. The largest absolute Gasteiger partial charge is 0.393 e. The first-order valence-electron chi connectivity index (χ1n) is 4.72. The van der Waals surface area contributed by atoms with Gasteiger partial charge < -0.3 is 15.3 Å². The van der Waals surface area contributed by atoms with Crippen molar-refractivity contribution in [2.45, 2.75) is 56.8 Å². The van der Waals surface area contributed by atoms with Gasteiger partial charge in [-0.3, -0.25) is 0 Å². The van der Waals surface area contributed by atoms with Gasteiger partial charge in [0.25, 0.3) is 0 Å². The fourth-order valence-electron chi connectivity index (χ4n) is 0.224. The molecule has 0 aromatic heterocycles. The Morgan fingerprint density at radius 3 is 0.615 bits per heavy atom. The van der Waals surface area contributed by atoms with Gasteiger partial charge in [-0.1, -0.05) is 0 Å². The normalized spacial score (nSPS) is 24.2. The summed E-state index contributed by atoms with van der Waals surface area (Å²) in [5.41, 5.74) is 0. The minimum atomic E-state index is 0. The molecule has 0 spiro atoms. The quantitative estimate of drug-likeness (QED) is 0.568. The van der Waals surface area contributed by atoms with Gasteiger partial charge in [0.2, 0.25) is 0 Å². The van der Waals surface area contributed by atoms with Crippen molar-refractivity contribution < 1.29 is 32.1 Å². The first-order valence-corrected chi connectivity index (χ1v) is 4.72. The van der Waals surface area contributed by atoms with Crippen LogP contribution >= 0.6 is 0 Å². The summed E-state index contributed by atoms with van der Waals surface area (Å²) in [6.07, 6.45) is 6.50. The van der Waals surface area contributed by atoms with Crippen molar-refractivity contribution in [3.63, 3.8) is 0 Å². The summed E-state index contributed by atoms with van der Waals surface area (Å²) in [5, 5.41) is 24.5. The van der Waals surface area contributed by atoms with Crippen LogP contribution < -0.4 is 0 Å². The van der Waals surface area contributed by atoms with Gasteiger partial charge in [-0.05, 0) is 38.5 Å². The van der Waals surface area contributed by atoms with E-state index in [0.717, 1.165) is 38.5 Å². The van der Waals surface area contributed by atoms with Crippen LogP contribution in [-0.2, 0) is 16.8 Å². The van der Waals surface area contributed by atoms with Crippen molar-refractivity contribution in [2.75, 3.05) is 0 Å². The smallest absolute Gasteiger partial charge is 0.0542 e. The van der Waals surface area contributed by atoms with Crippen molar-refractivity contribution in [3.8, 4) is 0 Å². The fourth-order valence-corrected chi connectivity index (χ4v) is 0.224.